The Labute approximate surface area is 159 Å². The molecule has 0 radical (unpaired) electrons. The van der Waals surface area contributed by atoms with E-state index in [0.29, 0.717) is 33.7 Å². The van der Waals surface area contributed by atoms with Gasteiger partial charge in [-0.3, -0.25) is 0 Å². The molecule has 1 heterocycles. The highest BCUT2D eigenvalue weighted by molar-refractivity contribution is 5.50. The van der Waals surface area contributed by atoms with E-state index in [1.165, 1.54) is 12.8 Å². The first-order valence-electron chi connectivity index (χ1n) is 9.40. The summed E-state index contributed by atoms with van der Waals surface area (Å²) in [4.78, 5) is 4.33. The smallest absolute Gasteiger partial charge is 0.214 e. The summed E-state index contributed by atoms with van der Waals surface area (Å²) in [6.07, 6.45) is 2.18. The van der Waals surface area contributed by atoms with E-state index in [0.717, 1.165) is 17.7 Å². The maximum atomic E-state index is 11.3. The summed E-state index contributed by atoms with van der Waals surface area (Å²) in [6, 6.07) is 7.04. The van der Waals surface area contributed by atoms with Gasteiger partial charge < -0.3 is 15.3 Å². The molecule has 2 aromatic rings. The van der Waals surface area contributed by atoms with Crippen LogP contribution in [0.15, 0.2) is 18.2 Å². The van der Waals surface area contributed by atoms with E-state index in [4.69, 9.17) is 0 Å². The zero-order chi connectivity index (χ0) is 19.7. The Kier molecular flexibility index (Phi) is 5.50. The highest BCUT2D eigenvalue weighted by Crippen LogP contribution is 2.42. The molecule has 0 saturated heterocycles. The lowest BCUT2D eigenvalue weighted by Crippen LogP contribution is -2.13. The van der Waals surface area contributed by atoms with Gasteiger partial charge >= 0.3 is 0 Å². The Balaban J connectivity index is 2.20. The number of aliphatic hydroxyl groups excluding tert-OH is 2. The molecule has 0 aliphatic heterocycles. The lowest BCUT2D eigenvalue weighted by Gasteiger charge is -2.24. The molecule has 1 aromatic heterocycles. The molecule has 1 aromatic carbocycles. The molecule has 1 fully saturated rings. The van der Waals surface area contributed by atoms with E-state index in [9.17, 15) is 20.6 Å². The van der Waals surface area contributed by atoms with Crippen LogP contribution in [0.5, 0.6) is 5.88 Å². The van der Waals surface area contributed by atoms with Crippen molar-refractivity contribution in [3.05, 3.63) is 57.3 Å². The highest BCUT2D eigenvalue weighted by Gasteiger charge is 2.30. The summed E-state index contributed by atoms with van der Waals surface area (Å²) in [5.74, 6) is 0.534. The molecule has 5 nitrogen and oxygen atoms in total. The van der Waals surface area contributed by atoms with E-state index >= 15 is 0 Å². The Hall–Kier alpha value is -2.42. The summed E-state index contributed by atoms with van der Waals surface area (Å²) in [5, 5.41) is 40.6. The van der Waals surface area contributed by atoms with Gasteiger partial charge in [-0.15, -0.1) is 0 Å². The second-order valence-corrected chi connectivity index (χ2v) is 7.76. The maximum Gasteiger partial charge on any atom is 0.214 e. The molecule has 27 heavy (non-hydrogen) atoms. The Bertz CT molecular complexity index is 895. The molecule has 1 aliphatic carbocycles. The van der Waals surface area contributed by atoms with Crippen molar-refractivity contribution in [1.29, 1.82) is 5.26 Å². The first kappa shape index (κ1) is 19.3. The lowest BCUT2D eigenvalue weighted by molar-refractivity contribution is 0.215. The summed E-state index contributed by atoms with van der Waals surface area (Å²) >= 11 is 0. The Morgan fingerprint density at radius 3 is 2.48 bits per heavy atom. The standard InChI is InChI=1S/C22H26N2O3/c1-12(2)19-20(18(9-14-4-5-14)13(3)24-22(19)27)21(26)17-7-15(10-23)6-16(8-17)11-25/h6-8,12,14,21,25-26H,4-5,9,11H2,1-3H3,(H,24,27). The highest BCUT2D eigenvalue weighted by atomic mass is 16.3. The summed E-state index contributed by atoms with van der Waals surface area (Å²) in [7, 11) is 0. The van der Waals surface area contributed by atoms with Crippen LogP contribution in [0.4, 0.5) is 0 Å². The number of aliphatic hydroxyl groups is 2. The molecule has 1 atom stereocenters. The van der Waals surface area contributed by atoms with E-state index in [1.807, 2.05) is 20.8 Å². The van der Waals surface area contributed by atoms with Crippen LogP contribution in [-0.2, 0) is 13.0 Å². The van der Waals surface area contributed by atoms with Crippen molar-refractivity contribution in [3.63, 3.8) is 0 Å². The SMILES string of the molecule is Cc1nc(O)c(C(C)C)c(C(O)c2cc(C#N)cc(CO)c2)c1CC1CC1. The van der Waals surface area contributed by atoms with Gasteiger partial charge in [0.05, 0.1) is 18.2 Å². The van der Waals surface area contributed by atoms with Gasteiger partial charge in [0.25, 0.3) is 0 Å². The van der Waals surface area contributed by atoms with Crippen molar-refractivity contribution in [2.24, 2.45) is 5.92 Å². The molecule has 0 spiro atoms. The monoisotopic (exact) mass is 366 g/mol. The third kappa shape index (κ3) is 3.97. The summed E-state index contributed by atoms with van der Waals surface area (Å²) < 4.78 is 0. The number of aromatic hydroxyl groups is 1. The van der Waals surface area contributed by atoms with Crippen LogP contribution < -0.4 is 0 Å². The van der Waals surface area contributed by atoms with Gasteiger partial charge in [0.15, 0.2) is 0 Å². The van der Waals surface area contributed by atoms with Crippen molar-refractivity contribution in [2.45, 2.75) is 58.7 Å². The van der Waals surface area contributed by atoms with Crippen LogP contribution in [0.2, 0.25) is 0 Å². The Morgan fingerprint density at radius 1 is 1.22 bits per heavy atom. The van der Waals surface area contributed by atoms with Gasteiger partial charge in [-0.2, -0.15) is 5.26 Å². The number of hydrogen-bond acceptors (Lipinski definition) is 5. The van der Waals surface area contributed by atoms with Gasteiger partial charge in [-0.1, -0.05) is 19.9 Å². The van der Waals surface area contributed by atoms with Gasteiger partial charge in [-0.05, 0) is 72.4 Å². The molecule has 0 amide bonds. The summed E-state index contributed by atoms with van der Waals surface area (Å²) in [5.41, 5.74) is 4.57. The fourth-order valence-electron chi connectivity index (χ4n) is 3.71. The second-order valence-electron chi connectivity index (χ2n) is 7.76. The minimum atomic E-state index is -0.998. The van der Waals surface area contributed by atoms with Crippen LogP contribution >= 0.6 is 0 Å². The van der Waals surface area contributed by atoms with E-state index in [1.54, 1.807) is 18.2 Å². The number of hydrogen-bond donors (Lipinski definition) is 3. The van der Waals surface area contributed by atoms with Crippen molar-refractivity contribution < 1.29 is 15.3 Å². The van der Waals surface area contributed by atoms with Crippen molar-refractivity contribution in [3.8, 4) is 11.9 Å². The average Bonchev–Trinajstić information content (AvgIpc) is 3.46. The predicted molar refractivity (Wildman–Crippen MR) is 102 cm³/mol. The quantitative estimate of drug-likeness (QED) is 0.725. The fourth-order valence-corrected chi connectivity index (χ4v) is 3.71. The van der Waals surface area contributed by atoms with Crippen molar-refractivity contribution in [1.82, 2.24) is 4.98 Å². The normalized spacial score (nSPS) is 15.0. The molecule has 3 N–H and O–H groups in total. The van der Waals surface area contributed by atoms with Gasteiger partial charge in [0, 0.05) is 11.3 Å². The minimum Gasteiger partial charge on any atom is -0.493 e. The van der Waals surface area contributed by atoms with Crippen LogP contribution in [-0.4, -0.2) is 20.3 Å². The molecule has 1 saturated carbocycles. The fraction of sp³-hybridized carbons (Fsp3) is 0.455. The van der Waals surface area contributed by atoms with Crippen LogP contribution in [0.3, 0.4) is 0 Å². The maximum absolute atomic E-state index is 11.3. The number of benzene rings is 1. The van der Waals surface area contributed by atoms with Gasteiger partial charge in [0.2, 0.25) is 5.88 Å². The van der Waals surface area contributed by atoms with Gasteiger partial charge in [-0.25, -0.2) is 4.98 Å². The van der Waals surface area contributed by atoms with Crippen molar-refractivity contribution in [2.75, 3.05) is 0 Å². The lowest BCUT2D eigenvalue weighted by atomic mass is 9.85. The predicted octanol–water partition coefficient (Wildman–Crippen LogP) is 3.62. The Morgan fingerprint density at radius 2 is 1.93 bits per heavy atom. The zero-order valence-electron chi connectivity index (χ0n) is 16.0. The molecule has 1 unspecified atom stereocenters. The average molecular weight is 366 g/mol. The third-order valence-electron chi connectivity index (χ3n) is 5.25. The zero-order valence-corrected chi connectivity index (χ0v) is 16.0. The molecular formula is C22H26N2O3. The first-order chi connectivity index (χ1) is 12.8. The van der Waals surface area contributed by atoms with E-state index in [2.05, 4.69) is 11.1 Å². The summed E-state index contributed by atoms with van der Waals surface area (Å²) in [6.45, 7) is 5.59. The van der Waals surface area contributed by atoms with E-state index < -0.39 is 6.10 Å². The van der Waals surface area contributed by atoms with Crippen LogP contribution in [0.1, 0.15) is 77.8 Å². The number of nitriles is 1. The molecule has 5 heteroatoms. The van der Waals surface area contributed by atoms with Crippen LogP contribution in [0.25, 0.3) is 0 Å². The number of aromatic nitrogens is 1. The van der Waals surface area contributed by atoms with E-state index in [-0.39, 0.29) is 18.4 Å². The topological polar surface area (TPSA) is 97.4 Å². The second kappa shape index (κ2) is 7.67. The number of aryl methyl sites for hydroxylation is 1. The molecule has 142 valence electrons. The minimum absolute atomic E-state index is 0.0165. The largest absolute Gasteiger partial charge is 0.493 e. The first-order valence-corrected chi connectivity index (χ1v) is 9.40. The molecule has 0 bridgehead atoms. The number of pyridine rings is 1. The number of rotatable bonds is 6. The molecule has 1 aliphatic rings. The van der Waals surface area contributed by atoms with Gasteiger partial charge in [0.1, 0.15) is 6.10 Å². The molecule has 3 rings (SSSR count). The third-order valence-corrected chi connectivity index (χ3v) is 5.25. The number of nitrogens with zero attached hydrogens (tertiary/aromatic N) is 2. The van der Waals surface area contributed by atoms with Crippen LogP contribution in [0, 0.1) is 24.2 Å². The molecular weight excluding hydrogens is 340 g/mol. The van der Waals surface area contributed by atoms with Crippen molar-refractivity contribution >= 4 is 0 Å².